The second-order valence-corrected chi connectivity index (χ2v) is 2.29. The molecule has 9 heavy (non-hydrogen) atoms. The number of rotatable bonds is 1. The van der Waals surface area contributed by atoms with Crippen molar-refractivity contribution in [3.05, 3.63) is 12.6 Å². The summed E-state index contributed by atoms with van der Waals surface area (Å²) in [6, 6.07) is 0. The summed E-state index contributed by atoms with van der Waals surface area (Å²) in [6.07, 6.45) is 0.404. The maximum absolute atomic E-state index is 5.28. The average molecular weight is 126 g/mol. The van der Waals surface area contributed by atoms with Gasteiger partial charge < -0.3 is 9.31 Å². The SMILES string of the molecule is C=CB1O[C@H](C)[C@@H](C)O1. The number of hydrogen-bond acceptors (Lipinski definition) is 2. The van der Waals surface area contributed by atoms with E-state index in [9.17, 15) is 0 Å². The van der Waals surface area contributed by atoms with Crippen molar-refractivity contribution in [2.24, 2.45) is 0 Å². The Morgan fingerprint density at radius 1 is 1.33 bits per heavy atom. The molecular weight excluding hydrogens is 115 g/mol. The molecule has 3 heteroatoms. The molecule has 0 amide bonds. The molecule has 2 atom stereocenters. The highest BCUT2D eigenvalue weighted by Gasteiger charge is 2.31. The second kappa shape index (κ2) is 2.54. The van der Waals surface area contributed by atoms with E-state index in [0.29, 0.717) is 0 Å². The molecule has 1 aliphatic heterocycles. The summed E-state index contributed by atoms with van der Waals surface area (Å²) in [5.41, 5.74) is 0. The van der Waals surface area contributed by atoms with Gasteiger partial charge in [-0.15, -0.1) is 6.58 Å². The molecule has 1 rings (SSSR count). The zero-order valence-corrected chi connectivity index (χ0v) is 5.83. The van der Waals surface area contributed by atoms with E-state index in [2.05, 4.69) is 6.58 Å². The molecular formula is C6H11BO2. The monoisotopic (exact) mass is 126 g/mol. The van der Waals surface area contributed by atoms with E-state index in [0.717, 1.165) is 0 Å². The van der Waals surface area contributed by atoms with Gasteiger partial charge in [0.1, 0.15) is 0 Å². The summed E-state index contributed by atoms with van der Waals surface area (Å²) in [4.78, 5) is 0. The lowest BCUT2D eigenvalue weighted by atomic mass is 9.92. The van der Waals surface area contributed by atoms with Gasteiger partial charge in [-0.25, -0.2) is 0 Å². The molecule has 1 aliphatic rings. The Balaban J connectivity index is 2.43. The molecule has 0 N–H and O–H groups in total. The zero-order valence-electron chi connectivity index (χ0n) is 5.83. The summed E-state index contributed by atoms with van der Waals surface area (Å²) in [6.45, 7) is 7.55. The standard InChI is InChI=1S/C6H11BO2/c1-4-7-8-5(2)6(3)9-7/h4-6H,1H2,2-3H3/t5-,6-/m1/s1. The van der Waals surface area contributed by atoms with Crippen LogP contribution in [0, 0.1) is 0 Å². The lowest BCUT2D eigenvalue weighted by molar-refractivity contribution is 0.187. The Kier molecular flexibility index (Phi) is 1.93. The van der Waals surface area contributed by atoms with Crippen LogP contribution in [0.3, 0.4) is 0 Å². The van der Waals surface area contributed by atoms with Gasteiger partial charge in [-0.05, 0) is 13.8 Å². The quantitative estimate of drug-likeness (QED) is 0.488. The molecule has 0 aliphatic carbocycles. The van der Waals surface area contributed by atoms with Gasteiger partial charge in [0.15, 0.2) is 0 Å². The summed E-state index contributed by atoms with van der Waals surface area (Å²) in [5, 5.41) is 0. The molecule has 1 heterocycles. The lowest BCUT2D eigenvalue weighted by Crippen LogP contribution is -2.13. The molecule has 0 bridgehead atoms. The fourth-order valence-corrected chi connectivity index (χ4v) is 0.788. The van der Waals surface area contributed by atoms with Crippen LogP contribution in [0.1, 0.15) is 13.8 Å². The third-order valence-corrected chi connectivity index (χ3v) is 1.55. The minimum Gasteiger partial charge on any atom is -0.403 e. The third-order valence-electron chi connectivity index (χ3n) is 1.55. The first kappa shape index (κ1) is 6.84. The van der Waals surface area contributed by atoms with Crippen LogP contribution >= 0.6 is 0 Å². The van der Waals surface area contributed by atoms with E-state index < -0.39 is 0 Å². The third kappa shape index (κ3) is 1.34. The molecule has 2 nitrogen and oxygen atoms in total. The van der Waals surface area contributed by atoms with E-state index in [4.69, 9.17) is 9.31 Å². The van der Waals surface area contributed by atoms with Crippen molar-refractivity contribution in [2.45, 2.75) is 26.1 Å². The molecule has 0 aromatic carbocycles. The van der Waals surface area contributed by atoms with Crippen LogP contribution in [0.5, 0.6) is 0 Å². The van der Waals surface area contributed by atoms with Gasteiger partial charge in [0.25, 0.3) is 0 Å². The average Bonchev–Trinajstić information content (AvgIpc) is 2.13. The summed E-state index contributed by atoms with van der Waals surface area (Å²) >= 11 is 0. The Morgan fingerprint density at radius 3 is 2.00 bits per heavy atom. The van der Waals surface area contributed by atoms with Crippen LogP contribution in [0.4, 0.5) is 0 Å². The van der Waals surface area contributed by atoms with Crippen LogP contribution in [-0.2, 0) is 9.31 Å². The molecule has 0 radical (unpaired) electrons. The molecule has 0 aromatic rings. The van der Waals surface area contributed by atoms with Crippen molar-refractivity contribution in [2.75, 3.05) is 0 Å². The Hall–Kier alpha value is -0.275. The highest BCUT2D eigenvalue weighted by molar-refractivity contribution is 6.51. The minimum atomic E-state index is -0.185. The van der Waals surface area contributed by atoms with Crippen molar-refractivity contribution in [1.82, 2.24) is 0 Å². The second-order valence-electron chi connectivity index (χ2n) is 2.29. The lowest BCUT2D eigenvalue weighted by Gasteiger charge is -2.04. The van der Waals surface area contributed by atoms with Gasteiger partial charge >= 0.3 is 7.12 Å². The first-order valence-electron chi connectivity index (χ1n) is 3.17. The van der Waals surface area contributed by atoms with E-state index in [1.807, 2.05) is 13.8 Å². The number of hydrogen-bond donors (Lipinski definition) is 0. The molecule has 1 fully saturated rings. The molecule has 1 saturated heterocycles. The van der Waals surface area contributed by atoms with Crippen LogP contribution in [-0.4, -0.2) is 19.3 Å². The maximum atomic E-state index is 5.28. The Bertz CT molecular complexity index is 106. The van der Waals surface area contributed by atoms with Crippen molar-refractivity contribution in [1.29, 1.82) is 0 Å². The van der Waals surface area contributed by atoms with Crippen LogP contribution < -0.4 is 0 Å². The van der Waals surface area contributed by atoms with Gasteiger partial charge in [-0.3, -0.25) is 0 Å². The van der Waals surface area contributed by atoms with Gasteiger partial charge in [0.2, 0.25) is 0 Å². The molecule has 0 aromatic heterocycles. The molecule has 50 valence electrons. The molecule has 0 spiro atoms. The first-order valence-corrected chi connectivity index (χ1v) is 3.17. The van der Waals surface area contributed by atoms with E-state index in [-0.39, 0.29) is 19.3 Å². The van der Waals surface area contributed by atoms with Crippen molar-refractivity contribution in [3.63, 3.8) is 0 Å². The Morgan fingerprint density at radius 2 is 1.78 bits per heavy atom. The largest absolute Gasteiger partial charge is 0.486 e. The van der Waals surface area contributed by atoms with Crippen molar-refractivity contribution >= 4 is 7.12 Å². The topological polar surface area (TPSA) is 18.5 Å². The molecule has 0 unspecified atom stereocenters. The predicted octanol–water partition coefficient (Wildman–Crippen LogP) is 1.02. The van der Waals surface area contributed by atoms with E-state index >= 15 is 0 Å². The normalized spacial score (nSPS) is 35.1. The van der Waals surface area contributed by atoms with E-state index in [1.54, 1.807) is 5.98 Å². The summed E-state index contributed by atoms with van der Waals surface area (Å²) in [7, 11) is -0.185. The van der Waals surface area contributed by atoms with Crippen molar-refractivity contribution in [3.8, 4) is 0 Å². The van der Waals surface area contributed by atoms with Crippen molar-refractivity contribution < 1.29 is 9.31 Å². The smallest absolute Gasteiger partial charge is 0.403 e. The van der Waals surface area contributed by atoms with Crippen LogP contribution in [0.25, 0.3) is 0 Å². The highest BCUT2D eigenvalue weighted by atomic mass is 16.6. The maximum Gasteiger partial charge on any atom is 0.486 e. The van der Waals surface area contributed by atoms with Gasteiger partial charge in [-0.2, -0.15) is 0 Å². The molecule has 0 saturated carbocycles. The zero-order chi connectivity index (χ0) is 6.85. The fraction of sp³-hybridized carbons (Fsp3) is 0.667. The van der Waals surface area contributed by atoms with E-state index in [1.165, 1.54) is 0 Å². The first-order chi connectivity index (χ1) is 4.24. The Labute approximate surface area is 56.0 Å². The fourth-order valence-electron chi connectivity index (χ4n) is 0.788. The highest BCUT2D eigenvalue weighted by Crippen LogP contribution is 2.15. The van der Waals surface area contributed by atoms with Crippen LogP contribution in [0.15, 0.2) is 12.6 Å². The van der Waals surface area contributed by atoms with Gasteiger partial charge in [-0.1, -0.05) is 5.98 Å². The van der Waals surface area contributed by atoms with Gasteiger partial charge in [0, 0.05) is 0 Å². The van der Waals surface area contributed by atoms with Crippen LogP contribution in [0.2, 0.25) is 0 Å². The summed E-state index contributed by atoms with van der Waals surface area (Å²) in [5.74, 6) is 1.67. The minimum absolute atomic E-state index is 0.185. The summed E-state index contributed by atoms with van der Waals surface area (Å²) < 4.78 is 10.6. The van der Waals surface area contributed by atoms with Gasteiger partial charge in [0.05, 0.1) is 12.2 Å². The predicted molar refractivity (Wildman–Crippen MR) is 37.0 cm³/mol.